The first-order valence-corrected chi connectivity index (χ1v) is 9.33. The number of hydrogen-bond donors (Lipinski definition) is 0. The molecule has 0 spiro atoms. The quantitative estimate of drug-likeness (QED) is 0.646. The van der Waals surface area contributed by atoms with E-state index in [1.165, 1.54) is 5.56 Å². The fourth-order valence-corrected chi connectivity index (χ4v) is 3.81. The van der Waals surface area contributed by atoms with Crippen LogP contribution in [-0.2, 0) is 0 Å². The molecule has 4 rings (SSSR count). The minimum atomic E-state index is 0.637. The number of pyridine rings is 1. The van der Waals surface area contributed by atoms with Crippen molar-refractivity contribution >= 4 is 21.7 Å². The number of nitrogens with zero attached hydrogens (tertiary/aromatic N) is 4. The first-order chi connectivity index (χ1) is 12.3. The highest BCUT2D eigenvalue weighted by atomic mass is 79.9. The maximum atomic E-state index is 4.80. The second kappa shape index (κ2) is 7.31. The normalized spacial score (nSPS) is 15.3. The average Bonchev–Trinajstić information content (AvgIpc) is 2.70. The highest BCUT2D eigenvalue weighted by Crippen LogP contribution is 2.33. The lowest BCUT2D eigenvalue weighted by atomic mass is 9.89. The minimum absolute atomic E-state index is 0.637. The van der Waals surface area contributed by atoms with Gasteiger partial charge in [-0.2, -0.15) is 0 Å². The van der Waals surface area contributed by atoms with Gasteiger partial charge in [-0.25, -0.2) is 9.97 Å². The van der Waals surface area contributed by atoms with Gasteiger partial charge in [0.2, 0.25) is 0 Å². The van der Waals surface area contributed by atoms with Crippen molar-refractivity contribution in [1.29, 1.82) is 0 Å². The van der Waals surface area contributed by atoms with Crippen LogP contribution in [0, 0.1) is 0 Å². The van der Waals surface area contributed by atoms with Crippen molar-refractivity contribution in [1.82, 2.24) is 15.0 Å². The van der Waals surface area contributed by atoms with Crippen LogP contribution in [0.15, 0.2) is 65.5 Å². The number of anilines is 1. The van der Waals surface area contributed by atoms with E-state index in [1.54, 1.807) is 12.4 Å². The first kappa shape index (κ1) is 16.2. The van der Waals surface area contributed by atoms with E-state index < -0.39 is 0 Å². The molecule has 1 aliphatic heterocycles. The standard InChI is InChI=1S/C20H19BrN4/c21-18-14-23-19(17-6-10-22-11-7-17)24-20(18)25-12-8-16(9-13-25)15-4-2-1-3-5-15/h1-7,10-11,14,16H,8-9,12-13H2. The maximum Gasteiger partial charge on any atom is 0.161 e. The van der Waals surface area contributed by atoms with Crippen LogP contribution in [0.25, 0.3) is 11.4 Å². The number of halogens is 1. The number of piperidine rings is 1. The lowest BCUT2D eigenvalue weighted by Crippen LogP contribution is -2.33. The summed E-state index contributed by atoms with van der Waals surface area (Å²) >= 11 is 3.62. The summed E-state index contributed by atoms with van der Waals surface area (Å²) in [6.45, 7) is 2.01. The summed E-state index contributed by atoms with van der Waals surface area (Å²) in [5, 5.41) is 0. The third-order valence-electron chi connectivity index (χ3n) is 4.73. The third kappa shape index (κ3) is 3.56. The van der Waals surface area contributed by atoms with Crippen LogP contribution in [0.5, 0.6) is 0 Å². The molecule has 0 aliphatic carbocycles. The van der Waals surface area contributed by atoms with Crippen molar-refractivity contribution in [2.24, 2.45) is 0 Å². The number of aromatic nitrogens is 3. The molecule has 1 fully saturated rings. The molecule has 4 nitrogen and oxygen atoms in total. The summed E-state index contributed by atoms with van der Waals surface area (Å²) in [6, 6.07) is 14.7. The van der Waals surface area contributed by atoms with Gasteiger partial charge in [0.05, 0.1) is 4.47 Å². The molecule has 0 radical (unpaired) electrons. The second-order valence-corrected chi connectivity index (χ2v) is 7.13. The molecule has 0 saturated carbocycles. The SMILES string of the molecule is Brc1cnc(-c2ccncc2)nc1N1CCC(c2ccccc2)CC1. The molecule has 0 N–H and O–H groups in total. The summed E-state index contributed by atoms with van der Waals surface area (Å²) in [5.74, 6) is 2.36. The van der Waals surface area contributed by atoms with Gasteiger partial charge in [-0.3, -0.25) is 4.98 Å². The third-order valence-corrected chi connectivity index (χ3v) is 5.29. The Balaban J connectivity index is 1.53. The van der Waals surface area contributed by atoms with E-state index in [1.807, 2.05) is 18.3 Å². The van der Waals surface area contributed by atoms with Gasteiger partial charge in [0.25, 0.3) is 0 Å². The van der Waals surface area contributed by atoms with Gasteiger partial charge in [-0.05, 0) is 52.4 Å². The van der Waals surface area contributed by atoms with Crippen LogP contribution in [0.4, 0.5) is 5.82 Å². The number of rotatable bonds is 3. The van der Waals surface area contributed by atoms with Crippen LogP contribution < -0.4 is 4.90 Å². The Morgan fingerprint density at radius 1 is 0.960 bits per heavy atom. The van der Waals surface area contributed by atoms with Gasteiger partial charge >= 0.3 is 0 Å². The minimum Gasteiger partial charge on any atom is -0.356 e. The second-order valence-electron chi connectivity index (χ2n) is 6.27. The Morgan fingerprint density at radius 2 is 1.68 bits per heavy atom. The summed E-state index contributed by atoms with van der Waals surface area (Å²) in [4.78, 5) is 15.7. The largest absolute Gasteiger partial charge is 0.356 e. The van der Waals surface area contributed by atoms with Crippen LogP contribution >= 0.6 is 15.9 Å². The molecule has 0 unspecified atom stereocenters. The highest BCUT2D eigenvalue weighted by molar-refractivity contribution is 9.10. The zero-order valence-electron chi connectivity index (χ0n) is 13.8. The Morgan fingerprint density at radius 3 is 2.40 bits per heavy atom. The van der Waals surface area contributed by atoms with Crippen LogP contribution in [-0.4, -0.2) is 28.0 Å². The fraction of sp³-hybridized carbons (Fsp3) is 0.250. The summed E-state index contributed by atoms with van der Waals surface area (Å²) in [5.41, 5.74) is 2.43. The van der Waals surface area contributed by atoms with Gasteiger partial charge < -0.3 is 4.90 Å². The van der Waals surface area contributed by atoms with Gasteiger partial charge in [0.15, 0.2) is 5.82 Å². The Hall–Kier alpha value is -2.27. The molecule has 5 heteroatoms. The van der Waals surface area contributed by atoms with Gasteiger partial charge in [-0.1, -0.05) is 30.3 Å². The number of hydrogen-bond acceptors (Lipinski definition) is 4. The van der Waals surface area contributed by atoms with E-state index in [4.69, 9.17) is 4.98 Å². The molecule has 0 bridgehead atoms. The molecule has 3 heterocycles. The van der Waals surface area contributed by atoms with Crippen molar-refractivity contribution in [3.8, 4) is 11.4 Å². The van der Waals surface area contributed by atoms with Gasteiger partial charge in [-0.15, -0.1) is 0 Å². The smallest absolute Gasteiger partial charge is 0.161 e. The van der Waals surface area contributed by atoms with Gasteiger partial charge in [0.1, 0.15) is 5.82 Å². The van der Waals surface area contributed by atoms with E-state index >= 15 is 0 Å². The van der Waals surface area contributed by atoms with Crippen molar-refractivity contribution < 1.29 is 0 Å². The molecule has 0 amide bonds. The van der Waals surface area contributed by atoms with Crippen molar-refractivity contribution in [3.63, 3.8) is 0 Å². The van der Waals surface area contributed by atoms with Crippen molar-refractivity contribution in [2.75, 3.05) is 18.0 Å². The Bertz CT molecular complexity index is 831. The molecule has 1 aliphatic rings. The molecular formula is C20H19BrN4. The molecule has 126 valence electrons. The lowest BCUT2D eigenvalue weighted by molar-refractivity contribution is 0.502. The molecular weight excluding hydrogens is 376 g/mol. The van der Waals surface area contributed by atoms with E-state index in [-0.39, 0.29) is 0 Å². The average molecular weight is 395 g/mol. The molecule has 25 heavy (non-hydrogen) atoms. The zero-order chi connectivity index (χ0) is 17.1. The molecule has 1 aromatic carbocycles. The van der Waals surface area contributed by atoms with E-state index in [0.29, 0.717) is 5.92 Å². The van der Waals surface area contributed by atoms with E-state index in [2.05, 4.69) is 61.1 Å². The molecule has 1 saturated heterocycles. The van der Waals surface area contributed by atoms with Crippen molar-refractivity contribution in [3.05, 3.63) is 71.1 Å². The Kier molecular flexibility index (Phi) is 4.74. The molecule has 0 atom stereocenters. The maximum absolute atomic E-state index is 4.80. The summed E-state index contributed by atoms with van der Waals surface area (Å²) < 4.78 is 0.948. The van der Waals surface area contributed by atoms with Crippen LogP contribution in [0.3, 0.4) is 0 Å². The molecule has 2 aromatic heterocycles. The zero-order valence-corrected chi connectivity index (χ0v) is 15.4. The van der Waals surface area contributed by atoms with Gasteiger partial charge in [0, 0.05) is 37.2 Å². The summed E-state index contributed by atoms with van der Waals surface area (Å²) in [7, 11) is 0. The topological polar surface area (TPSA) is 41.9 Å². The molecule has 3 aromatic rings. The lowest BCUT2D eigenvalue weighted by Gasteiger charge is -2.33. The van der Waals surface area contributed by atoms with Crippen LogP contribution in [0.2, 0.25) is 0 Å². The predicted molar refractivity (Wildman–Crippen MR) is 104 cm³/mol. The van der Waals surface area contributed by atoms with Crippen molar-refractivity contribution in [2.45, 2.75) is 18.8 Å². The van der Waals surface area contributed by atoms with E-state index in [9.17, 15) is 0 Å². The number of benzene rings is 1. The first-order valence-electron chi connectivity index (χ1n) is 8.54. The predicted octanol–water partition coefficient (Wildman–Crippen LogP) is 4.69. The van der Waals surface area contributed by atoms with E-state index in [0.717, 1.165) is 47.6 Å². The Labute approximate surface area is 156 Å². The fourth-order valence-electron chi connectivity index (χ4n) is 3.37. The summed E-state index contributed by atoms with van der Waals surface area (Å²) in [6.07, 6.45) is 7.68. The van der Waals surface area contributed by atoms with Crippen LogP contribution in [0.1, 0.15) is 24.3 Å². The monoisotopic (exact) mass is 394 g/mol. The highest BCUT2D eigenvalue weighted by Gasteiger charge is 2.23.